The average molecular weight is 343 g/mol. The van der Waals surface area contributed by atoms with Crippen molar-refractivity contribution in [3.8, 4) is 5.75 Å². The SMILES string of the molecule is NC[C@H]1CCN([C@@H]2Cc3ccccc3[C@H]2Oc2ccc(Cl)cc2)C1. The third-order valence-corrected chi connectivity index (χ3v) is 5.59. The molecule has 2 aliphatic rings. The number of ether oxygens (including phenoxy) is 1. The van der Waals surface area contributed by atoms with E-state index in [-0.39, 0.29) is 6.10 Å². The molecule has 2 N–H and O–H groups in total. The van der Waals surface area contributed by atoms with Crippen LogP contribution in [0.3, 0.4) is 0 Å². The van der Waals surface area contributed by atoms with Crippen LogP contribution >= 0.6 is 11.6 Å². The van der Waals surface area contributed by atoms with Crippen LogP contribution < -0.4 is 10.5 Å². The summed E-state index contributed by atoms with van der Waals surface area (Å²) in [6.07, 6.45) is 2.31. The van der Waals surface area contributed by atoms with Crippen molar-refractivity contribution in [2.75, 3.05) is 19.6 Å². The van der Waals surface area contributed by atoms with Crippen LogP contribution in [-0.4, -0.2) is 30.6 Å². The van der Waals surface area contributed by atoms with E-state index in [1.807, 2.05) is 24.3 Å². The Bertz CT molecular complexity index is 703. The number of benzene rings is 2. The molecule has 3 nitrogen and oxygen atoms in total. The van der Waals surface area contributed by atoms with Crippen LogP contribution in [-0.2, 0) is 6.42 Å². The van der Waals surface area contributed by atoms with Gasteiger partial charge in [-0.3, -0.25) is 4.90 Å². The van der Waals surface area contributed by atoms with Gasteiger partial charge in [-0.05, 0) is 67.2 Å². The van der Waals surface area contributed by atoms with Gasteiger partial charge in [-0.2, -0.15) is 0 Å². The van der Waals surface area contributed by atoms with E-state index >= 15 is 0 Å². The normalized spacial score (nSPS) is 26.5. The molecule has 1 aliphatic heterocycles. The highest BCUT2D eigenvalue weighted by atomic mass is 35.5. The van der Waals surface area contributed by atoms with E-state index in [1.54, 1.807) is 0 Å². The first-order valence-electron chi connectivity index (χ1n) is 8.68. The number of nitrogens with two attached hydrogens (primary N) is 1. The fourth-order valence-electron chi connectivity index (χ4n) is 4.02. The van der Waals surface area contributed by atoms with Crippen LogP contribution in [0.1, 0.15) is 23.7 Å². The Morgan fingerprint density at radius 3 is 2.67 bits per heavy atom. The summed E-state index contributed by atoms with van der Waals surface area (Å²) in [5.74, 6) is 1.49. The van der Waals surface area contributed by atoms with Gasteiger partial charge >= 0.3 is 0 Å². The van der Waals surface area contributed by atoms with Crippen molar-refractivity contribution < 1.29 is 4.74 Å². The molecule has 0 unspecified atom stereocenters. The van der Waals surface area contributed by atoms with E-state index in [2.05, 4.69) is 29.2 Å². The lowest BCUT2D eigenvalue weighted by atomic mass is 10.1. The van der Waals surface area contributed by atoms with Gasteiger partial charge in [-0.1, -0.05) is 35.9 Å². The van der Waals surface area contributed by atoms with E-state index in [4.69, 9.17) is 22.1 Å². The first-order valence-corrected chi connectivity index (χ1v) is 9.06. The lowest BCUT2D eigenvalue weighted by Gasteiger charge is -2.30. The number of fused-ring (bicyclic) bond motifs is 1. The van der Waals surface area contributed by atoms with Crippen molar-refractivity contribution in [3.63, 3.8) is 0 Å². The number of hydrogen-bond donors (Lipinski definition) is 1. The zero-order chi connectivity index (χ0) is 16.5. The minimum Gasteiger partial charge on any atom is -0.484 e. The third-order valence-electron chi connectivity index (χ3n) is 5.34. The number of rotatable bonds is 4. The van der Waals surface area contributed by atoms with Gasteiger partial charge in [0.1, 0.15) is 11.9 Å². The summed E-state index contributed by atoms with van der Waals surface area (Å²) in [4.78, 5) is 2.57. The van der Waals surface area contributed by atoms with E-state index < -0.39 is 0 Å². The molecule has 0 aromatic heterocycles. The van der Waals surface area contributed by atoms with Crippen molar-refractivity contribution in [3.05, 3.63) is 64.7 Å². The molecule has 0 bridgehead atoms. The fourth-order valence-corrected chi connectivity index (χ4v) is 4.14. The Hall–Kier alpha value is -1.55. The molecule has 4 rings (SSSR count). The van der Waals surface area contributed by atoms with Gasteiger partial charge in [0.15, 0.2) is 0 Å². The molecular formula is C20H23ClN2O. The molecule has 1 saturated heterocycles. The molecule has 24 heavy (non-hydrogen) atoms. The summed E-state index contributed by atoms with van der Waals surface area (Å²) in [6, 6.07) is 16.7. The van der Waals surface area contributed by atoms with Gasteiger partial charge in [0.2, 0.25) is 0 Å². The first-order chi connectivity index (χ1) is 11.7. The smallest absolute Gasteiger partial charge is 0.140 e. The Balaban J connectivity index is 1.60. The highest BCUT2D eigenvalue weighted by molar-refractivity contribution is 6.30. The minimum absolute atomic E-state index is 0.0684. The monoisotopic (exact) mass is 342 g/mol. The quantitative estimate of drug-likeness (QED) is 0.921. The molecule has 0 spiro atoms. The Morgan fingerprint density at radius 1 is 1.12 bits per heavy atom. The zero-order valence-electron chi connectivity index (χ0n) is 13.7. The Kier molecular flexibility index (Phi) is 4.49. The summed E-state index contributed by atoms with van der Waals surface area (Å²) in [5.41, 5.74) is 8.60. The molecule has 126 valence electrons. The van der Waals surface area contributed by atoms with Crippen LogP contribution in [0, 0.1) is 5.92 Å². The highest BCUT2D eigenvalue weighted by Gasteiger charge is 2.40. The molecule has 2 aromatic carbocycles. The molecule has 1 fully saturated rings. The van der Waals surface area contributed by atoms with Gasteiger partial charge < -0.3 is 10.5 Å². The van der Waals surface area contributed by atoms with Crippen molar-refractivity contribution in [2.45, 2.75) is 25.0 Å². The van der Waals surface area contributed by atoms with Crippen molar-refractivity contribution >= 4 is 11.6 Å². The number of halogens is 1. The summed E-state index contributed by atoms with van der Waals surface area (Å²) in [5, 5.41) is 0.732. The number of hydrogen-bond acceptors (Lipinski definition) is 3. The van der Waals surface area contributed by atoms with Crippen LogP contribution in [0.25, 0.3) is 0 Å². The maximum Gasteiger partial charge on any atom is 0.140 e. The predicted octanol–water partition coefficient (Wildman–Crippen LogP) is 3.67. The van der Waals surface area contributed by atoms with Gasteiger partial charge in [0.25, 0.3) is 0 Å². The maximum absolute atomic E-state index is 6.42. The van der Waals surface area contributed by atoms with Crippen molar-refractivity contribution in [1.29, 1.82) is 0 Å². The van der Waals surface area contributed by atoms with Crippen LogP contribution in [0.4, 0.5) is 0 Å². The summed E-state index contributed by atoms with van der Waals surface area (Å²) in [7, 11) is 0. The topological polar surface area (TPSA) is 38.5 Å². The Labute approximate surface area is 148 Å². The van der Waals surface area contributed by atoms with E-state index in [0.717, 1.165) is 36.8 Å². The number of nitrogens with zero attached hydrogens (tertiary/aromatic N) is 1. The molecule has 0 saturated carbocycles. The second-order valence-electron chi connectivity index (χ2n) is 6.85. The predicted molar refractivity (Wildman–Crippen MR) is 97.5 cm³/mol. The lowest BCUT2D eigenvalue weighted by molar-refractivity contribution is 0.0917. The van der Waals surface area contributed by atoms with Crippen molar-refractivity contribution in [1.82, 2.24) is 4.90 Å². The molecular weight excluding hydrogens is 320 g/mol. The second-order valence-corrected chi connectivity index (χ2v) is 7.28. The highest BCUT2D eigenvalue weighted by Crippen LogP contribution is 2.39. The van der Waals surface area contributed by atoms with Crippen LogP contribution in [0.5, 0.6) is 5.75 Å². The summed E-state index contributed by atoms with van der Waals surface area (Å²) >= 11 is 6.00. The summed E-state index contributed by atoms with van der Waals surface area (Å²) < 4.78 is 6.42. The molecule has 3 atom stereocenters. The van der Waals surface area contributed by atoms with Crippen LogP contribution in [0.15, 0.2) is 48.5 Å². The number of likely N-dealkylation sites (tertiary alicyclic amines) is 1. The Morgan fingerprint density at radius 2 is 1.92 bits per heavy atom. The largest absolute Gasteiger partial charge is 0.484 e. The average Bonchev–Trinajstić information content (AvgIpc) is 3.22. The second kappa shape index (κ2) is 6.75. The van der Waals surface area contributed by atoms with Gasteiger partial charge in [0.05, 0.1) is 6.04 Å². The van der Waals surface area contributed by atoms with E-state index in [1.165, 1.54) is 17.5 Å². The van der Waals surface area contributed by atoms with E-state index in [0.29, 0.717) is 12.0 Å². The molecule has 1 aliphatic carbocycles. The minimum atomic E-state index is 0.0684. The van der Waals surface area contributed by atoms with Crippen LogP contribution in [0.2, 0.25) is 5.02 Å². The van der Waals surface area contributed by atoms with Crippen molar-refractivity contribution in [2.24, 2.45) is 11.7 Å². The van der Waals surface area contributed by atoms with Gasteiger partial charge in [-0.15, -0.1) is 0 Å². The molecule has 0 amide bonds. The molecule has 0 radical (unpaired) electrons. The van der Waals surface area contributed by atoms with Gasteiger partial charge in [-0.25, -0.2) is 0 Å². The molecule has 1 heterocycles. The maximum atomic E-state index is 6.42. The fraction of sp³-hybridized carbons (Fsp3) is 0.400. The summed E-state index contributed by atoms with van der Waals surface area (Å²) in [6.45, 7) is 2.97. The van der Waals surface area contributed by atoms with E-state index in [9.17, 15) is 0 Å². The standard InChI is InChI=1S/C20H23ClN2O/c21-16-5-7-17(8-6-16)24-20-18-4-2-1-3-15(18)11-19(20)23-10-9-14(12-22)13-23/h1-8,14,19-20H,9-13,22H2/t14-,19-,20-/m1/s1. The lowest BCUT2D eigenvalue weighted by Crippen LogP contribution is -2.39. The third kappa shape index (κ3) is 3.04. The van der Waals surface area contributed by atoms with Gasteiger partial charge in [0, 0.05) is 11.6 Å². The zero-order valence-corrected chi connectivity index (χ0v) is 14.5. The molecule has 4 heteroatoms. The molecule has 2 aromatic rings. The first kappa shape index (κ1) is 15.9.